The number of ether oxygens (including phenoxy) is 1. The van der Waals surface area contributed by atoms with Crippen molar-refractivity contribution in [2.45, 2.75) is 64.7 Å². The molecule has 0 atom stereocenters. The lowest BCUT2D eigenvalue weighted by atomic mass is 10.1. The average molecular weight is 291 g/mol. The van der Waals surface area contributed by atoms with Gasteiger partial charge in [-0.05, 0) is 30.7 Å². The zero-order chi connectivity index (χ0) is 15.3. The van der Waals surface area contributed by atoms with E-state index in [9.17, 15) is 4.79 Å². The highest BCUT2D eigenvalue weighted by molar-refractivity contribution is 5.92. The SMILES string of the molecule is CCCCCCCCCCCOc1ccc(C(N)=O)cc1. The van der Waals surface area contributed by atoms with E-state index in [1.165, 1.54) is 51.4 Å². The summed E-state index contributed by atoms with van der Waals surface area (Å²) in [5.41, 5.74) is 5.71. The Kier molecular flexibility index (Phi) is 9.34. The van der Waals surface area contributed by atoms with Crippen molar-refractivity contribution < 1.29 is 9.53 Å². The van der Waals surface area contributed by atoms with Gasteiger partial charge in [-0.15, -0.1) is 0 Å². The maximum atomic E-state index is 10.9. The van der Waals surface area contributed by atoms with E-state index in [0.717, 1.165) is 18.8 Å². The summed E-state index contributed by atoms with van der Waals surface area (Å²) in [6.45, 7) is 2.99. The maximum absolute atomic E-state index is 10.9. The van der Waals surface area contributed by atoms with Gasteiger partial charge in [0.1, 0.15) is 5.75 Å². The molecule has 0 aliphatic heterocycles. The molecule has 118 valence electrons. The third-order valence-corrected chi connectivity index (χ3v) is 3.66. The average Bonchev–Trinajstić information content (AvgIpc) is 2.49. The number of amides is 1. The molecular weight excluding hydrogens is 262 g/mol. The van der Waals surface area contributed by atoms with Crippen LogP contribution >= 0.6 is 0 Å². The van der Waals surface area contributed by atoms with Crippen LogP contribution in [0.3, 0.4) is 0 Å². The molecule has 21 heavy (non-hydrogen) atoms. The van der Waals surface area contributed by atoms with Crippen molar-refractivity contribution in [3.63, 3.8) is 0 Å². The Hall–Kier alpha value is -1.51. The van der Waals surface area contributed by atoms with Crippen LogP contribution in [0.2, 0.25) is 0 Å². The second kappa shape index (κ2) is 11.2. The Balaban J connectivity index is 1.98. The highest BCUT2D eigenvalue weighted by Crippen LogP contribution is 2.13. The van der Waals surface area contributed by atoms with Crippen LogP contribution in [-0.4, -0.2) is 12.5 Å². The Labute approximate surface area is 128 Å². The van der Waals surface area contributed by atoms with Gasteiger partial charge < -0.3 is 10.5 Å². The van der Waals surface area contributed by atoms with E-state index >= 15 is 0 Å². The van der Waals surface area contributed by atoms with Crippen molar-refractivity contribution in [2.75, 3.05) is 6.61 Å². The second-order valence-corrected chi connectivity index (χ2v) is 5.57. The Morgan fingerprint density at radius 1 is 0.905 bits per heavy atom. The van der Waals surface area contributed by atoms with Crippen molar-refractivity contribution in [1.29, 1.82) is 0 Å². The second-order valence-electron chi connectivity index (χ2n) is 5.57. The molecule has 1 rings (SSSR count). The van der Waals surface area contributed by atoms with Crippen molar-refractivity contribution in [1.82, 2.24) is 0 Å². The van der Waals surface area contributed by atoms with E-state index in [0.29, 0.717) is 5.56 Å². The van der Waals surface area contributed by atoms with Gasteiger partial charge in [-0.3, -0.25) is 4.79 Å². The minimum absolute atomic E-state index is 0.402. The quantitative estimate of drug-likeness (QED) is 0.568. The first-order valence-electron chi connectivity index (χ1n) is 8.26. The first kappa shape index (κ1) is 17.5. The molecule has 0 saturated heterocycles. The molecule has 0 radical (unpaired) electrons. The van der Waals surface area contributed by atoms with E-state index in [2.05, 4.69) is 6.92 Å². The van der Waals surface area contributed by atoms with Gasteiger partial charge in [-0.1, -0.05) is 58.3 Å². The third-order valence-electron chi connectivity index (χ3n) is 3.66. The van der Waals surface area contributed by atoms with E-state index in [1.54, 1.807) is 24.3 Å². The molecule has 0 fully saturated rings. The summed E-state index contributed by atoms with van der Waals surface area (Å²) in [6, 6.07) is 7.00. The number of primary amides is 1. The van der Waals surface area contributed by atoms with Crippen LogP contribution in [0.1, 0.15) is 75.1 Å². The predicted molar refractivity (Wildman–Crippen MR) is 87.7 cm³/mol. The normalized spacial score (nSPS) is 10.5. The van der Waals surface area contributed by atoms with Crippen LogP contribution < -0.4 is 10.5 Å². The van der Waals surface area contributed by atoms with Crippen LogP contribution in [0.25, 0.3) is 0 Å². The molecule has 1 aromatic carbocycles. The van der Waals surface area contributed by atoms with Gasteiger partial charge in [0.2, 0.25) is 5.91 Å². The van der Waals surface area contributed by atoms with Crippen molar-refractivity contribution in [3.05, 3.63) is 29.8 Å². The minimum atomic E-state index is -0.402. The minimum Gasteiger partial charge on any atom is -0.494 e. The Morgan fingerprint density at radius 3 is 1.95 bits per heavy atom. The molecule has 0 aliphatic carbocycles. The molecule has 0 heterocycles. The van der Waals surface area contributed by atoms with Crippen LogP contribution in [0.15, 0.2) is 24.3 Å². The summed E-state index contributed by atoms with van der Waals surface area (Å²) in [6.07, 6.45) is 11.8. The topological polar surface area (TPSA) is 52.3 Å². The maximum Gasteiger partial charge on any atom is 0.248 e. The van der Waals surface area contributed by atoms with Crippen molar-refractivity contribution in [2.24, 2.45) is 5.73 Å². The molecule has 1 amide bonds. The van der Waals surface area contributed by atoms with Crippen LogP contribution in [0, 0.1) is 0 Å². The number of hydrogen-bond acceptors (Lipinski definition) is 2. The van der Waals surface area contributed by atoms with E-state index in [-0.39, 0.29) is 0 Å². The molecule has 0 saturated carbocycles. The summed E-state index contributed by atoms with van der Waals surface area (Å²) < 4.78 is 5.65. The van der Waals surface area contributed by atoms with Crippen LogP contribution in [-0.2, 0) is 0 Å². The standard InChI is InChI=1S/C18H29NO2/c1-2-3-4-5-6-7-8-9-10-15-21-17-13-11-16(12-14-17)18(19)20/h11-14H,2-10,15H2,1H3,(H2,19,20). The molecule has 2 N–H and O–H groups in total. The van der Waals surface area contributed by atoms with Gasteiger partial charge in [-0.2, -0.15) is 0 Å². The first-order chi connectivity index (χ1) is 10.2. The Morgan fingerprint density at radius 2 is 1.43 bits per heavy atom. The number of benzene rings is 1. The number of nitrogens with two attached hydrogens (primary N) is 1. The first-order valence-corrected chi connectivity index (χ1v) is 8.26. The largest absolute Gasteiger partial charge is 0.494 e. The fraction of sp³-hybridized carbons (Fsp3) is 0.611. The smallest absolute Gasteiger partial charge is 0.248 e. The molecule has 1 aromatic rings. The molecular formula is C18H29NO2. The van der Waals surface area contributed by atoms with Crippen molar-refractivity contribution >= 4 is 5.91 Å². The highest BCUT2D eigenvalue weighted by Gasteiger charge is 2.00. The lowest BCUT2D eigenvalue weighted by molar-refractivity contribution is 0.100. The molecule has 0 unspecified atom stereocenters. The fourth-order valence-electron chi connectivity index (χ4n) is 2.32. The Bertz CT molecular complexity index is 387. The monoisotopic (exact) mass is 291 g/mol. The lowest BCUT2D eigenvalue weighted by Crippen LogP contribution is -2.10. The van der Waals surface area contributed by atoms with Gasteiger partial charge >= 0.3 is 0 Å². The van der Waals surface area contributed by atoms with Gasteiger partial charge in [0.15, 0.2) is 0 Å². The van der Waals surface area contributed by atoms with E-state index in [4.69, 9.17) is 10.5 Å². The molecule has 3 nitrogen and oxygen atoms in total. The molecule has 0 spiro atoms. The van der Waals surface area contributed by atoms with Crippen LogP contribution in [0.4, 0.5) is 0 Å². The summed E-state index contributed by atoms with van der Waals surface area (Å²) in [7, 11) is 0. The number of unbranched alkanes of at least 4 members (excludes halogenated alkanes) is 8. The molecule has 3 heteroatoms. The summed E-state index contributed by atoms with van der Waals surface area (Å²) in [5, 5.41) is 0. The van der Waals surface area contributed by atoms with Gasteiger partial charge in [0.25, 0.3) is 0 Å². The van der Waals surface area contributed by atoms with Gasteiger partial charge in [-0.25, -0.2) is 0 Å². The zero-order valence-electron chi connectivity index (χ0n) is 13.3. The number of carbonyl (C=O) groups is 1. The number of rotatable bonds is 12. The zero-order valence-corrected chi connectivity index (χ0v) is 13.3. The van der Waals surface area contributed by atoms with Crippen LogP contribution in [0.5, 0.6) is 5.75 Å². The number of hydrogen-bond donors (Lipinski definition) is 1. The highest BCUT2D eigenvalue weighted by atomic mass is 16.5. The lowest BCUT2D eigenvalue weighted by Gasteiger charge is -2.06. The molecule has 0 bridgehead atoms. The van der Waals surface area contributed by atoms with E-state index < -0.39 is 5.91 Å². The summed E-state index contributed by atoms with van der Waals surface area (Å²) in [4.78, 5) is 10.9. The molecule has 0 aliphatic rings. The fourth-order valence-corrected chi connectivity index (χ4v) is 2.32. The summed E-state index contributed by atoms with van der Waals surface area (Å²) in [5.74, 6) is 0.403. The summed E-state index contributed by atoms with van der Waals surface area (Å²) >= 11 is 0. The van der Waals surface area contributed by atoms with E-state index in [1.807, 2.05) is 0 Å². The third kappa shape index (κ3) is 8.38. The predicted octanol–water partition coefficient (Wildman–Crippen LogP) is 4.70. The van der Waals surface area contributed by atoms with Gasteiger partial charge in [0.05, 0.1) is 6.61 Å². The van der Waals surface area contributed by atoms with Gasteiger partial charge in [0, 0.05) is 5.56 Å². The molecule has 0 aromatic heterocycles. The number of carbonyl (C=O) groups excluding carboxylic acids is 1. The van der Waals surface area contributed by atoms with Crippen molar-refractivity contribution in [3.8, 4) is 5.75 Å².